The number of rotatable bonds is 5. The van der Waals surface area contributed by atoms with E-state index in [9.17, 15) is 4.79 Å². The van der Waals surface area contributed by atoms with Crippen molar-refractivity contribution < 1.29 is 14.1 Å². The molecule has 4 rings (SSSR count). The Balaban J connectivity index is 1.56. The van der Waals surface area contributed by atoms with Gasteiger partial charge in [0.25, 0.3) is 5.71 Å². The first-order chi connectivity index (χ1) is 13.7. The lowest BCUT2D eigenvalue weighted by atomic mass is 10.2. The molecule has 0 amide bonds. The van der Waals surface area contributed by atoms with Gasteiger partial charge in [-0.1, -0.05) is 35.5 Å². The highest BCUT2D eigenvalue weighted by Crippen LogP contribution is 2.28. The topological polar surface area (TPSA) is 84.6 Å². The molecule has 1 aliphatic heterocycles. The normalized spacial score (nSPS) is 15.1. The molecular formula is C20H23N5O3. The Kier molecular flexibility index (Phi) is 5.21. The third-order valence-electron chi connectivity index (χ3n) is 4.82. The van der Waals surface area contributed by atoms with Gasteiger partial charge in [0.05, 0.1) is 6.61 Å². The zero-order chi connectivity index (χ0) is 19.5. The van der Waals surface area contributed by atoms with E-state index in [1.807, 2.05) is 6.07 Å². The van der Waals surface area contributed by atoms with Crippen LogP contribution in [-0.4, -0.2) is 58.8 Å². The summed E-state index contributed by atoms with van der Waals surface area (Å²) in [6.45, 7) is 8.16. The Morgan fingerprint density at radius 2 is 1.89 bits per heavy atom. The van der Waals surface area contributed by atoms with Crippen molar-refractivity contribution in [3.05, 3.63) is 47.4 Å². The molecule has 0 unspecified atom stereocenters. The van der Waals surface area contributed by atoms with Crippen LogP contribution in [0.5, 0.6) is 0 Å². The molecule has 1 fully saturated rings. The van der Waals surface area contributed by atoms with Crippen molar-refractivity contribution in [2.45, 2.75) is 20.4 Å². The van der Waals surface area contributed by atoms with Gasteiger partial charge in [-0.15, -0.1) is 0 Å². The van der Waals surface area contributed by atoms with E-state index < -0.39 is 5.97 Å². The summed E-state index contributed by atoms with van der Waals surface area (Å²) >= 11 is 0. The minimum atomic E-state index is -0.516. The highest BCUT2D eigenvalue weighted by atomic mass is 16.5. The molecular weight excluding hydrogens is 358 g/mol. The molecule has 146 valence electrons. The first-order valence-corrected chi connectivity index (χ1v) is 9.48. The van der Waals surface area contributed by atoms with E-state index in [1.54, 1.807) is 13.8 Å². The van der Waals surface area contributed by atoms with Crippen LogP contribution in [0.3, 0.4) is 0 Å². The molecule has 1 saturated heterocycles. The van der Waals surface area contributed by atoms with Crippen molar-refractivity contribution in [1.29, 1.82) is 0 Å². The van der Waals surface area contributed by atoms with Crippen molar-refractivity contribution in [3.8, 4) is 0 Å². The Morgan fingerprint density at radius 1 is 1.14 bits per heavy atom. The highest BCUT2D eigenvalue weighted by molar-refractivity contribution is 6.04. The highest BCUT2D eigenvalue weighted by Gasteiger charge is 2.27. The second kappa shape index (κ2) is 7.93. The molecule has 3 heterocycles. The molecule has 0 saturated carbocycles. The van der Waals surface area contributed by atoms with Crippen molar-refractivity contribution in [3.63, 3.8) is 0 Å². The van der Waals surface area contributed by atoms with E-state index in [2.05, 4.69) is 49.2 Å². The predicted octanol–water partition coefficient (Wildman–Crippen LogP) is 2.43. The molecule has 0 spiro atoms. The number of aryl methyl sites for hydroxylation is 1. The first kappa shape index (κ1) is 18.4. The number of carbonyl (C=O) groups is 1. The van der Waals surface area contributed by atoms with Gasteiger partial charge in [0.1, 0.15) is 17.0 Å². The molecule has 1 aromatic carbocycles. The maximum absolute atomic E-state index is 12.3. The van der Waals surface area contributed by atoms with E-state index in [-0.39, 0.29) is 12.3 Å². The fourth-order valence-electron chi connectivity index (χ4n) is 3.47. The fourth-order valence-corrected chi connectivity index (χ4v) is 3.47. The van der Waals surface area contributed by atoms with E-state index in [0.29, 0.717) is 22.7 Å². The summed E-state index contributed by atoms with van der Waals surface area (Å²) in [5.74, 6) is 0.754. The number of hydrogen-bond donors (Lipinski definition) is 0. The average Bonchev–Trinajstić information content (AvgIpc) is 3.13. The molecule has 0 bridgehead atoms. The maximum atomic E-state index is 12.3. The van der Waals surface area contributed by atoms with Crippen LogP contribution in [0, 0.1) is 6.92 Å². The standard InChI is InChI=1S/C20H23N5O3/c1-3-27-20(26)17-16-18(21-14(2)22-19(16)28-23-17)25-11-9-24(10-12-25)13-15-7-5-4-6-8-15/h4-8H,3,9-13H2,1-2H3. The van der Waals surface area contributed by atoms with Crippen LogP contribution in [0.25, 0.3) is 11.1 Å². The number of benzene rings is 1. The van der Waals surface area contributed by atoms with Gasteiger partial charge in [0, 0.05) is 32.7 Å². The number of nitrogens with zero attached hydrogens (tertiary/aromatic N) is 5. The van der Waals surface area contributed by atoms with E-state index in [0.717, 1.165) is 32.7 Å². The van der Waals surface area contributed by atoms with Gasteiger partial charge in [-0.05, 0) is 19.4 Å². The largest absolute Gasteiger partial charge is 0.461 e. The van der Waals surface area contributed by atoms with Crippen LogP contribution >= 0.6 is 0 Å². The molecule has 0 radical (unpaired) electrons. The summed E-state index contributed by atoms with van der Waals surface area (Å²) in [7, 11) is 0. The number of hydrogen-bond acceptors (Lipinski definition) is 8. The lowest BCUT2D eigenvalue weighted by Crippen LogP contribution is -2.46. The van der Waals surface area contributed by atoms with Crippen molar-refractivity contribution in [2.75, 3.05) is 37.7 Å². The average molecular weight is 381 g/mol. The molecule has 3 aromatic rings. The monoisotopic (exact) mass is 381 g/mol. The number of piperazine rings is 1. The smallest absolute Gasteiger partial charge is 0.361 e. The summed E-state index contributed by atoms with van der Waals surface area (Å²) < 4.78 is 10.4. The van der Waals surface area contributed by atoms with Gasteiger partial charge in [-0.3, -0.25) is 4.90 Å². The first-order valence-electron chi connectivity index (χ1n) is 9.48. The predicted molar refractivity (Wildman–Crippen MR) is 104 cm³/mol. The SMILES string of the molecule is CCOC(=O)c1noc2nc(C)nc(N3CCN(Cc4ccccc4)CC3)c12. The third kappa shape index (κ3) is 3.68. The molecule has 28 heavy (non-hydrogen) atoms. The Bertz CT molecular complexity index is 965. The van der Waals surface area contributed by atoms with Crippen LogP contribution < -0.4 is 4.90 Å². The quantitative estimate of drug-likeness (QED) is 0.623. The van der Waals surface area contributed by atoms with Crippen molar-refractivity contribution in [1.82, 2.24) is 20.0 Å². The van der Waals surface area contributed by atoms with Gasteiger partial charge in [0.2, 0.25) is 5.69 Å². The Labute approximate surface area is 163 Å². The molecule has 0 N–H and O–H groups in total. The number of aromatic nitrogens is 3. The summed E-state index contributed by atoms with van der Waals surface area (Å²) in [6, 6.07) is 10.5. The summed E-state index contributed by atoms with van der Waals surface area (Å²) in [6.07, 6.45) is 0. The number of carbonyl (C=O) groups excluding carboxylic acids is 1. The van der Waals surface area contributed by atoms with Crippen LogP contribution in [0.15, 0.2) is 34.9 Å². The Hall–Kier alpha value is -3.00. The number of ether oxygens (including phenoxy) is 1. The maximum Gasteiger partial charge on any atom is 0.361 e. The van der Waals surface area contributed by atoms with Gasteiger partial charge in [-0.25, -0.2) is 9.78 Å². The molecule has 8 nitrogen and oxygen atoms in total. The Morgan fingerprint density at radius 3 is 2.61 bits per heavy atom. The second-order valence-corrected chi connectivity index (χ2v) is 6.78. The van der Waals surface area contributed by atoms with Crippen LogP contribution in [0.4, 0.5) is 5.82 Å². The molecule has 8 heteroatoms. The van der Waals surface area contributed by atoms with Crippen LogP contribution in [0.1, 0.15) is 28.8 Å². The number of anilines is 1. The molecule has 1 aliphatic rings. The number of esters is 1. The van der Waals surface area contributed by atoms with Gasteiger partial charge < -0.3 is 14.2 Å². The number of fused-ring (bicyclic) bond motifs is 1. The van der Waals surface area contributed by atoms with E-state index >= 15 is 0 Å². The van der Waals surface area contributed by atoms with Gasteiger partial charge in [0.15, 0.2) is 0 Å². The van der Waals surface area contributed by atoms with E-state index in [4.69, 9.17) is 9.26 Å². The summed E-state index contributed by atoms with van der Waals surface area (Å²) in [5.41, 5.74) is 1.76. The molecule has 0 atom stereocenters. The van der Waals surface area contributed by atoms with Crippen LogP contribution in [0.2, 0.25) is 0 Å². The minimum Gasteiger partial charge on any atom is -0.461 e. The minimum absolute atomic E-state index is 0.138. The lowest BCUT2D eigenvalue weighted by molar-refractivity contribution is 0.0517. The van der Waals surface area contributed by atoms with Gasteiger partial charge in [-0.2, -0.15) is 4.98 Å². The molecule has 2 aromatic heterocycles. The molecule has 0 aliphatic carbocycles. The second-order valence-electron chi connectivity index (χ2n) is 6.78. The van der Waals surface area contributed by atoms with Crippen molar-refractivity contribution in [2.24, 2.45) is 0 Å². The van der Waals surface area contributed by atoms with Gasteiger partial charge >= 0.3 is 5.97 Å². The zero-order valence-electron chi connectivity index (χ0n) is 16.1. The fraction of sp³-hybridized carbons (Fsp3) is 0.400. The lowest BCUT2D eigenvalue weighted by Gasteiger charge is -2.35. The zero-order valence-corrected chi connectivity index (χ0v) is 16.1. The summed E-state index contributed by atoms with van der Waals surface area (Å²) in [4.78, 5) is 25.7. The van der Waals surface area contributed by atoms with Crippen LogP contribution in [-0.2, 0) is 11.3 Å². The van der Waals surface area contributed by atoms with Crippen molar-refractivity contribution >= 4 is 22.9 Å². The summed E-state index contributed by atoms with van der Waals surface area (Å²) in [5, 5.41) is 4.42. The third-order valence-corrected chi connectivity index (χ3v) is 4.82. The van der Waals surface area contributed by atoms with E-state index in [1.165, 1.54) is 5.56 Å².